The van der Waals surface area contributed by atoms with Gasteiger partial charge in [0.15, 0.2) is 0 Å². The predicted molar refractivity (Wildman–Crippen MR) is 59.3 cm³/mol. The number of halogens is 1. The number of thiophene rings is 1. The molecule has 1 atom stereocenters. The van der Waals surface area contributed by atoms with E-state index in [-0.39, 0.29) is 11.9 Å². The van der Waals surface area contributed by atoms with Crippen molar-refractivity contribution in [3.63, 3.8) is 0 Å². The van der Waals surface area contributed by atoms with Gasteiger partial charge < -0.3 is 5.32 Å². The molecule has 1 aromatic heterocycles. The molecule has 3 heteroatoms. The highest BCUT2D eigenvalue weighted by Crippen LogP contribution is 2.30. The molecule has 1 N–H and O–H groups in total. The largest absolute Gasteiger partial charge is 0.313 e. The maximum Gasteiger partial charge on any atom is 0.123 e. The number of hydrogen-bond donors (Lipinski definition) is 1. The maximum atomic E-state index is 13.0. The van der Waals surface area contributed by atoms with Gasteiger partial charge in [-0.3, -0.25) is 0 Å². The Morgan fingerprint density at radius 1 is 1.43 bits per heavy atom. The van der Waals surface area contributed by atoms with Crippen LogP contribution in [0.25, 0.3) is 10.1 Å². The summed E-state index contributed by atoms with van der Waals surface area (Å²) in [6.45, 7) is 2.08. The molecule has 0 bridgehead atoms. The fourth-order valence-electron chi connectivity index (χ4n) is 1.51. The van der Waals surface area contributed by atoms with Crippen molar-refractivity contribution in [2.75, 3.05) is 7.05 Å². The van der Waals surface area contributed by atoms with E-state index in [1.54, 1.807) is 17.4 Å². The lowest BCUT2D eigenvalue weighted by Crippen LogP contribution is -2.11. The average molecular weight is 209 g/mol. The molecular weight excluding hydrogens is 197 g/mol. The van der Waals surface area contributed by atoms with Gasteiger partial charge in [0.2, 0.25) is 0 Å². The zero-order valence-electron chi connectivity index (χ0n) is 8.17. The first kappa shape index (κ1) is 9.62. The third-order valence-electron chi connectivity index (χ3n) is 2.46. The molecule has 0 aliphatic rings. The number of hydrogen-bond acceptors (Lipinski definition) is 2. The summed E-state index contributed by atoms with van der Waals surface area (Å²) in [5, 5.41) is 6.28. The second kappa shape index (κ2) is 3.67. The van der Waals surface area contributed by atoms with E-state index in [2.05, 4.69) is 17.6 Å². The first-order valence-electron chi connectivity index (χ1n) is 4.56. The van der Waals surface area contributed by atoms with Gasteiger partial charge in [0.25, 0.3) is 0 Å². The van der Waals surface area contributed by atoms with Crippen molar-refractivity contribution in [2.45, 2.75) is 13.0 Å². The smallest absolute Gasteiger partial charge is 0.123 e. The van der Waals surface area contributed by atoms with E-state index < -0.39 is 0 Å². The van der Waals surface area contributed by atoms with Gasteiger partial charge in [-0.2, -0.15) is 0 Å². The molecule has 0 aliphatic carbocycles. The summed E-state index contributed by atoms with van der Waals surface area (Å²) in [5.74, 6) is -0.166. The van der Waals surface area contributed by atoms with Crippen molar-refractivity contribution >= 4 is 21.4 Å². The number of rotatable bonds is 2. The average Bonchev–Trinajstić information content (AvgIpc) is 2.59. The Balaban J connectivity index is 2.61. The molecular formula is C11H12FNS. The van der Waals surface area contributed by atoms with Crippen molar-refractivity contribution in [2.24, 2.45) is 0 Å². The minimum absolute atomic E-state index is 0.166. The van der Waals surface area contributed by atoms with E-state index in [0.717, 1.165) is 10.1 Å². The number of fused-ring (bicyclic) bond motifs is 1. The Morgan fingerprint density at radius 3 is 2.93 bits per heavy atom. The lowest BCUT2D eigenvalue weighted by Gasteiger charge is -2.08. The van der Waals surface area contributed by atoms with Crippen molar-refractivity contribution in [1.82, 2.24) is 5.32 Å². The Morgan fingerprint density at radius 2 is 2.21 bits per heavy atom. The van der Waals surface area contributed by atoms with Gasteiger partial charge in [-0.1, -0.05) is 0 Å². The van der Waals surface area contributed by atoms with Crippen LogP contribution in [0.2, 0.25) is 0 Å². The van der Waals surface area contributed by atoms with Crippen LogP contribution in [-0.2, 0) is 0 Å². The van der Waals surface area contributed by atoms with E-state index in [9.17, 15) is 4.39 Å². The molecule has 1 nitrogen and oxygen atoms in total. The molecule has 1 aromatic carbocycles. The summed E-state index contributed by atoms with van der Waals surface area (Å²) < 4.78 is 14.2. The Kier molecular flexibility index (Phi) is 2.52. The normalized spacial score (nSPS) is 13.4. The van der Waals surface area contributed by atoms with Crippen LogP contribution in [0.3, 0.4) is 0 Å². The van der Waals surface area contributed by atoms with E-state index in [1.807, 2.05) is 13.1 Å². The quantitative estimate of drug-likeness (QED) is 0.800. The Hall–Kier alpha value is -0.930. The van der Waals surface area contributed by atoms with Crippen molar-refractivity contribution < 1.29 is 4.39 Å². The summed E-state index contributed by atoms with van der Waals surface area (Å²) in [6, 6.07) is 5.22. The zero-order valence-corrected chi connectivity index (χ0v) is 8.99. The summed E-state index contributed by atoms with van der Waals surface area (Å²) in [6.07, 6.45) is 0. The molecule has 0 aliphatic heterocycles. The number of nitrogens with one attached hydrogen (secondary N) is 1. The molecule has 0 spiro atoms. The summed E-state index contributed by atoms with van der Waals surface area (Å²) in [7, 11) is 1.91. The molecule has 14 heavy (non-hydrogen) atoms. The van der Waals surface area contributed by atoms with Crippen LogP contribution in [0, 0.1) is 5.82 Å². The van der Waals surface area contributed by atoms with Gasteiger partial charge in [0.05, 0.1) is 0 Å². The molecule has 0 fully saturated rings. The van der Waals surface area contributed by atoms with Gasteiger partial charge in [-0.15, -0.1) is 11.3 Å². The van der Waals surface area contributed by atoms with E-state index in [4.69, 9.17) is 0 Å². The van der Waals surface area contributed by atoms with Gasteiger partial charge in [-0.25, -0.2) is 4.39 Å². The van der Waals surface area contributed by atoms with E-state index >= 15 is 0 Å². The zero-order chi connectivity index (χ0) is 10.1. The van der Waals surface area contributed by atoms with Crippen LogP contribution < -0.4 is 5.32 Å². The third kappa shape index (κ3) is 1.53. The SMILES string of the molecule is CNC(C)c1csc2ccc(F)cc12. The minimum atomic E-state index is -0.166. The highest BCUT2D eigenvalue weighted by molar-refractivity contribution is 7.17. The van der Waals surface area contributed by atoms with E-state index in [0.29, 0.717) is 0 Å². The highest BCUT2D eigenvalue weighted by Gasteiger charge is 2.09. The molecule has 0 saturated carbocycles. The molecule has 2 aromatic rings. The topological polar surface area (TPSA) is 12.0 Å². The van der Waals surface area contributed by atoms with Gasteiger partial charge in [0.1, 0.15) is 5.82 Å². The second-order valence-electron chi connectivity index (χ2n) is 3.34. The summed E-state index contributed by atoms with van der Waals surface area (Å²) >= 11 is 1.66. The molecule has 0 amide bonds. The fourth-order valence-corrected chi connectivity index (χ4v) is 2.55. The molecule has 0 radical (unpaired) electrons. The fraction of sp³-hybridized carbons (Fsp3) is 0.273. The minimum Gasteiger partial charge on any atom is -0.313 e. The third-order valence-corrected chi connectivity index (χ3v) is 3.45. The molecule has 1 unspecified atom stereocenters. The number of benzene rings is 1. The van der Waals surface area contributed by atoms with Gasteiger partial charge in [0, 0.05) is 16.1 Å². The molecule has 1 heterocycles. The van der Waals surface area contributed by atoms with Gasteiger partial charge >= 0.3 is 0 Å². The van der Waals surface area contributed by atoms with Crippen LogP contribution in [0.4, 0.5) is 4.39 Å². The van der Waals surface area contributed by atoms with Crippen LogP contribution in [0.15, 0.2) is 23.6 Å². The van der Waals surface area contributed by atoms with Crippen LogP contribution in [-0.4, -0.2) is 7.05 Å². The van der Waals surface area contributed by atoms with E-state index in [1.165, 1.54) is 11.6 Å². The molecule has 0 saturated heterocycles. The standard InChI is InChI=1S/C11H12FNS/c1-7(13-2)10-6-14-11-4-3-8(12)5-9(10)11/h3-7,13H,1-2H3. The summed E-state index contributed by atoms with van der Waals surface area (Å²) in [5.41, 5.74) is 1.17. The maximum absolute atomic E-state index is 13.0. The van der Waals surface area contributed by atoms with Crippen LogP contribution >= 0.6 is 11.3 Å². The van der Waals surface area contributed by atoms with Crippen molar-refractivity contribution in [1.29, 1.82) is 0 Å². The monoisotopic (exact) mass is 209 g/mol. The van der Waals surface area contributed by atoms with Crippen LogP contribution in [0.1, 0.15) is 18.5 Å². The van der Waals surface area contributed by atoms with Gasteiger partial charge in [-0.05, 0) is 43.1 Å². The van der Waals surface area contributed by atoms with Crippen molar-refractivity contribution in [3.8, 4) is 0 Å². The lowest BCUT2D eigenvalue weighted by molar-refractivity contribution is 0.628. The second-order valence-corrected chi connectivity index (χ2v) is 4.25. The highest BCUT2D eigenvalue weighted by atomic mass is 32.1. The molecule has 74 valence electrons. The lowest BCUT2D eigenvalue weighted by atomic mass is 10.1. The Bertz CT molecular complexity index is 449. The first-order chi connectivity index (χ1) is 6.72. The summed E-state index contributed by atoms with van der Waals surface area (Å²) in [4.78, 5) is 0. The van der Waals surface area contributed by atoms with Crippen LogP contribution in [0.5, 0.6) is 0 Å². The van der Waals surface area contributed by atoms with Crippen molar-refractivity contribution in [3.05, 3.63) is 35.0 Å². The molecule has 2 rings (SSSR count). The Labute approximate surface area is 86.6 Å². The predicted octanol–water partition coefficient (Wildman–Crippen LogP) is 3.32. The first-order valence-corrected chi connectivity index (χ1v) is 5.44.